The molecule has 1 atom stereocenters. The van der Waals surface area contributed by atoms with Crippen molar-refractivity contribution in [1.29, 1.82) is 0 Å². The molecule has 5 nitrogen and oxygen atoms in total. The molecule has 134 valence electrons. The van der Waals surface area contributed by atoms with E-state index in [0.29, 0.717) is 13.2 Å². The largest absolute Gasteiger partial charge is 0.491 e. The Balaban J connectivity index is 1.66. The number of nitrogens with zero attached hydrogens (tertiary/aromatic N) is 1. The van der Waals surface area contributed by atoms with Gasteiger partial charge in [-0.05, 0) is 57.0 Å². The average Bonchev–Trinajstić information content (AvgIpc) is 2.58. The van der Waals surface area contributed by atoms with Crippen LogP contribution in [0.1, 0.15) is 31.7 Å². The molecule has 1 amide bonds. The van der Waals surface area contributed by atoms with Crippen molar-refractivity contribution >= 4 is 5.91 Å². The van der Waals surface area contributed by atoms with Crippen LogP contribution in [0.5, 0.6) is 5.75 Å². The van der Waals surface area contributed by atoms with Gasteiger partial charge in [0.2, 0.25) is 5.91 Å². The number of nitrogens with one attached hydrogen (secondary N) is 1. The van der Waals surface area contributed by atoms with Gasteiger partial charge in [-0.3, -0.25) is 4.79 Å². The van der Waals surface area contributed by atoms with Gasteiger partial charge in [-0.2, -0.15) is 0 Å². The molecule has 0 bridgehead atoms. The van der Waals surface area contributed by atoms with Gasteiger partial charge >= 0.3 is 0 Å². The van der Waals surface area contributed by atoms with E-state index in [-0.39, 0.29) is 11.8 Å². The molecule has 0 aromatic heterocycles. The van der Waals surface area contributed by atoms with E-state index < -0.39 is 6.10 Å². The lowest BCUT2D eigenvalue weighted by Gasteiger charge is -2.32. The highest BCUT2D eigenvalue weighted by Gasteiger charge is 2.25. The van der Waals surface area contributed by atoms with E-state index >= 15 is 0 Å². The van der Waals surface area contributed by atoms with Gasteiger partial charge in [0, 0.05) is 19.0 Å². The smallest absolute Gasteiger partial charge is 0.223 e. The molecule has 1 aliphatic rings. The Morgan fingerprint density at radius 3 is 2.83 bits per heavy atom. The zero-order valence-corrected chi connectivity index (χ0v) is 14.8. The van der Waals surface area contributed by atoms with Crippen LogP contribution in [0.3, 0.4) is 0 Å². The van der Waals surface area contributed by atoms with E-state index in [4.69, 9.17) is 4.74 Å². The van der Waals surface area contributed by atoms with E-state index in [1.54, 1.807) is 0 Å². The van der Waals surface area contributed by atoms with Crippen LogP contribution in [0, 0.1) is 12.8 Å². The number of hydrogen-bond donors (Lipinski definition) is 2. The third-order valence-corrected chi connectivity index (χ3v) is 4.41. The Hall–Kier alpha value is -1.59. The van der Waals surface area contributed by atoms with Gasteiger partial charge in [0.25, 0.3) is 0 Å². The summed E-state index contributed by atoms with van der Waals surface area (Å²) < 4.78 is 5.65. The van der Waals surface area contributed by atoms with Crippen LogP contribution >= 0.6 is 0 Å². The average molecular weight is 334 g/mol. The van der Waals surface area contributed by atoms with Crippen LogP contribution < -0.4 is 10.1 Å². The molecule has 24 heavy (non-hydrogen) atoms. The molecule has 1 aliphatic heterocycles. The molecule has 0 radical (unpaired) electrons. The SMILES string of the molecule is CCCNC(=O)C1CCN(CC(O)COc2cccc(C)c2)CC1. The van der Waals surface area contributed by atoms with Gasteiger partial charge in [-0.15, -0.1) is 0 Å². The summed E-state index contributed by atoms with van der Waals surface area (Å²) in [6, 6.07) is 7.84. The van der Waals surface area contributed by atoms with Crippen LogP contribution in [0.15, 0.2) is 24.3 Å². The molecule has 1 saturated heterocycles. The highest BCUT2D eigenvalue weighted by Crippen LogP contribution is 2.18. The molecule has 1 unspecified atom stereocenters. The van der Waals surface area contributed by atoms with Crippen LogP contribution in [0.25, 0.3) is 0 Å². The Kier molecular flexibility index (Phi) is 7.53. The van der Waals surface area contributed by atoms with Gasteiger partial charge in [0.1, 0.15) is 18.5 Å². The molecule has 1 fully saturated rings. The highest BCUT2D eigenvalue weighted by atomic mass is 16.5. The Bertz CT molecular complexity index is 513. The van der Waals surface area contributed by atoms with Gasteiger partial charge in [-0.25, -0.2) is 0 Å². The monoisotopic (exact) mass is 334 g/mol. The molecule has 1 heterocycles. The number of rotatable bonds is 8. The van der Waals surface area contributed by atoms with Crippen molar-refractivity contribution in [2.45, 2.75) is 39.2 Å². The number of hydrogen-bond acceptors (Lipinski definition) is 4. The van der Waals surface area contributed by atoms with Crippen molar-refractivity contribution in [3.63, 3.8) is 0 Å². The number of β-amino-alcohol motifs (C(OH)–C–C–N with tert-alkyl or cyclic N) is 1. The molecule has 0 aliphatic carbocycles. The fourth-order valence-electron chi connectivity index (χ4n) is 3.02. The maximum atomic E-state index is 12.0. The Labute approximate surface area is 145 Å². The number of aryl methyl sites for hydroxylation is 1. The first-order chi connectivity index (χ1) is 11.6. The second-order valence-corrected chi connectivity index (χ2v) is 6.65. The Morgan fingerprint density at radius 2 is 2.17 bits per heavy atom. The van der Waals surface area contributed by atoms with Crippen molar-refractivity contribution in [1.82, 2.24) is 10.2 Å². The number of amides is 1. The number of carbonyl (C=O) groups excluding carboxylic acids is 1. The zero-order chi connectivity index (χ0) is 17.4. The summed E-state index contributed by atoms with van der Waals surface area (Å²) in [5.41, 5.74) is 1.14. The zero-order valence-electron chi connectivity index (χ0n) is 14.8. The third kappa shape index (κ3) is 6.13. The summed E-state index contributed by atoms with van der Waals surface area (Å²) in [4.78, 5) is 14.2. The van der Waals surface area contributed by atoms with E-state index in [1.807, 2.05) is 31.2 Å². The number of aliphatic hydroxyl groups excluding tert-OH is 1. The maximum Gasteiger partial charge on any atom is 0.223 e. The highest BCUT2D eigenvalue weighted by molar-refractivity contribution is 5.78. The van der Waals surface area contributed by atoms with Gasteiger partial charge in [0.15, 0.2) is 0 Å². The van der Waals surface area contributed by atoms with Crippen molar-refractivity contribution in [2.75, 3.05) is 32.8 Å². The molecular weight excluding hydrogens is 304 g/mol. The summed E-state index contributed by atoms with van der Waals surface area (Å²) >= 11 is 0. The normalized spacial score (nSPS) is 17.5. The number of benzene rings is 1. The molecule has 0 spiro atoms. The van der Waals surface area contributed by atoms with E-state index in [9.17, 15) is 9.90 Å². The second kappa shape index (κ2) is 9.64. The summed E-state index contributed by atoms with van der Waals surface area (Å²) in [6.07, 6.45) is 2.18. The minimum absolute atomic E-state index is 0.119. The minimum atomic E-state index is -0.518. The third-order valence-electron chi connectivity index (χ3n) is 4.41. The summed E-state index contributed by atoms with van der Waals surface area (Å²) in [5, 5.41) is 13.2. The predicted molar refractivity (Wildman–Crippen MR) is 95.1 cm³/mol. The second-order valence-electron chi connectivity index (χ2n) is 6.65. The van der Waals surface area contributed by atoms with Crippen LogP contribution in [-0.2, 0) is 4.79 Å². The summed E-state index contributed by atoms with van der Waals surface area (Å²) in [7, 11) is 0. The van der Waals surface area contributed by atoms with E-state index in [0.717, 1.165) is 50.2 Å². The maximum absolute atomic E-state index is 12.0. The minimum Gasteiger partial charge on any atom is -0.491 e. The molecule has 1 aromatic carbocycles. The first kappa shape index (κ1) is 18.7. The molecule has 5 heteroatoms. The van der Waals surface area contributed by atoms with Crippen molar-refractivity contribution in [3.05, 3.63) is 29.8 Å². The predicted octanol–water partition coefficient (Wildman–Crippen LogP) is 1.97. The number of ether oxygens (including phenoxy) is 1. The van der Waals surface area contributed by atoms with Crippen LogP contribution in [0.2, 0.25) is 0 Å². The Morgan fingerprint density at radius 1 is 1.42 bits per heavy atom. The topological polar surface area (TPSA) is 61.8 Å². The summed E-state index contributed by atoms with van der Waals surface area (Å²) in [6.45, 7) is 7.42. The number of piperidine rings is 1. The molecule has 0 saturated carbocycles. The molecule has 2 N–H and O–H groups in total. The first-order valence-electron chi connectivity index (χ1n) is 8.96. The first-order valence-corrected chi connectivity index (χ1v) is 8.96. The van der Waals surface area contributed by atoms with Crippen LogP contribution in [0.4, 0.5) is 0 Å². The molecular formula is C19H30N2O3. The lowest BCUT2D eigenvalue weighted by atomic mass is 9.95. The summed E-state index contributed by atoms with van der Waals surface area (Å²) in [5.74, 6) is 1.09. The van der Waals surface area contributed by atoms with Gasteiger partial charge in [0.05, 0.1) is 0 Å². The lowest BCUT2D eigenvalue weighted by Crippen LogP contribution is -2.44. The number of likely N-dealkylation sites (tertiary alicyclic amines) is 1. The molecule has 1 aromatic rings. The fourth-order valence-corrected chi connectivity index (χ4v) is 3.02. The fraction of sp³-hybridized carbons (Fsp3) is 0.632. The molecule has 2 rings (SSSR count). The van der Waals surface area contributed by atoms with Gasteiger partial charge < -0.3 is 20.1 Å². The van der Waals surface area contributed by atoms with Crippen molar-refractivity contribution in [2.24, 2.45) is 5.92 Å². The van der Waals surface area contributed by atoms with Crippen LogP contribution in [-0.4, -0.2) is 54.8 Å². The van der Waals surface area contributed by atoms with Gasteiger partial charge in [-0.1, -0.05) is 19.1 Å². The lowest BCUT2D eigenvalue weighted by molar-refractivity contribution is -0.126. The standard InChI is InChI=1S/C19H30N2O3/c1-3-9-20-19(23)16-7-10-21(11-8-16)13-17(22)14-24-18-6-4-5-15(2)12-18/h4-6,12,16-17,22H,3,7-11,13-14H2,1-2H3,(H,20,23). The number of aliphatic hydroxyl groups is 1. The number of carbonyl (C=O) groups is 1. The van der Waals surface area contributed by atoms with Crippen molar-refractivity contribution < 1.29 is 14.6 Å². The van der Waals surface area contributed by atoms with Crippen molar-refractivity contribution in [3.8, 4) is 5.75 Å². The van der Waals surface area contributed by atoms with E-state index in [2.05, 4.69) is 17.1 Å². The quantitative estimate of drug-likeness (QED) is 0.763. The van der Waals surface area contributed by atoms with E-state index in [1.165, 1.54) is 0 Å².